The van der Waals surface area contributed by atoms with E-state index >= 15 is 0 Å². The van der Waals surface area contributed by atoms with Crippen molar-refractivity contribution in [3.63, 3.8) is 0 Å². The number of para-hydroxylation sites is 1. The first-order valence-electron chi connectivity index (χ1n) is 8.48. The molecule has 0 aliphatic heterocycles. The third-order valence-electron chi connectivity index (χ3n) is 4.88. The average molecular weight is 350 g/mol. The van der Waals surface area contributed by atoms with Gasteiger partial charge in [0.1, 0.15) is 5.75 Å². The lowest BCUT2D eigenvalue weighted by molar-refractivity contribution is -0.121. The number of hydrogen-bond donors (Lipinski definition) is 3. The van der Waals surface area contributed by atoms with E-state index in [1.54, 1.807) is 7.11 Å². The standard InChI is InChI=1S/C18H27N3O2S/c1-12-7-6-9-15(13(12)2)19-18(24)21-20-17(22)11-14-8-4-5-10-16(14)23-3/h4-5,8,10,12-13,15H,6-7,9,11H2,1-3H3,(H,20,22)(H2,19,21,24)/t12-,13-,15-/m1/s1. The molecular formula is C18H27N3O2S. The fourth-order valence-electron chi connectivity index (χ4n) is 3.18. The van der Waals surface area contributed by atoms with E-state index in [-0.39, 0.29) is 12.3 Å². The number of hydrogen-bond acceptors (Lipinski definition) is 3. The van der Waals surface area contributed by atoms with Crippen LogP contribution in [0.25, 0.3) is 0 Å². The first-order chi connectivity index (χ1) is 11.5. The zero-order valence-electron chi connectivity index (χ0n) is 14.6. The summed E-state index contributed by atoms with van der Waals surface area (Å²) in [5.41, 5.74) is 6.29. The van der Waals surface area contributed by atoms with Gasteiger partial charge in [-0.2, -0.15) is 0 Å². The number of carbonyl (C=O) groups excluding carboxylic acids is 1. The summed E-state index contributed by atoms with van der Waals surface area (Å²) < 4.78 is 5.26. The van der Waals surface area contributed by atoms with Gasteiger partial charge in [0, 0.05) is 11.6 Å². The summed E-state index contributed by atoms with van der Waals surface area (Å²) in [5.74, 6) is 1.81. The zero-order chi connectivity index (χ0) is 17.5. The van der Waals surface area contributed by atoms with Gasteiger partial charge >= 0.3 is 0 Å². The first-order valence-corrected chi connectivity index (χ1v) is 8.89. The van der Waals surface area contributed by atoms with E-state index in [0.717, 1.165) is 12.0 Å². The summed E-state index contributed by atoms with van der Waals surface area (Å²) in [6, 6.07) is 7.84. The summed E-state index contributed by atoms with van der Waals surface area (Å²) in [6.45, 7) is 4.54. The van der Waals surface area contributed by atoms with Crippen LogP contribution in [0.5, 0.6) is 5.75 Å². The smallest absolute Gasteiger partial charge is 0.242 e. The molecule has 1 aromatic rings. The van der Waals surface area contributed by atoms with Crippen LogP contribution in [0.15, 0.2) is 24.3 Å². The minimum Gasteiger partial charge on any atom is -0.496 e. The molecule has 3 N–H and O–H groups in total. The number of thiocarbonyl (C=S) groups is 1. The van der Waals surface area contributed by atoms with E-state index in [2.05, 4.69) is 30.0 Å². The molecule has 132 valence electrons. The summed E-state index contributed by atoms with van der Waals surface area (Å²) in [7, 11) is 1.60. The third-order valence-corrected chi connectivity index (χ3v) is 5.10. The molecule has 1 aliphatic carbocycles. The fourth-order valence-corrected chi connectivity index (χ4v) is 3.39. The van der Waals surface area contributed by atoms with Gasteiger partial charge in [0.25, 0.3) is 0 Å². The van der Waals surface area contributed by atoms with Crippen LogP contribution in [0.2, 0.25) is 0 Å². The zero-order valence-corrected chi connectivity index (χ0v) is 15.4. The fraction of sp³-hybridized carbons (Fsp3) is 0.556. The van der Waals surface area contributed by atoms with Crippen molar-refractivity contribution in [2.75, 3.05) is 7.11 Å². The Kier molecular flexibility index (Phi) is 6.85. The SMILES string of the molecule is COc1ccccc1CC(=O)NNC(=S)N[C@@H]1CCC[C@@H](C)[C@H]1C. The molecule has 1 saturated carbocycles. The largest absolute Gasteiger partial charge is 0.496 e. The molecule has 2 rings (SSSR count). The van der Waals surface area contributed by atoms with E-state index in [4.69, 9.17) is 17.0 Å². The molecule has 0 unspecified atom stereocenters. The topological polar surface area (TPSA) is 62.4 Å². The maximum atomic E-state index is 12.1. The maximum Gasteiger partial charge on any atom is 0.242 e. The second-order valence-corrected chi connectivity index (χ2v) is 6.92. The molecule has 5 nitrogen and oxygen atoms in total. The van der Waals surface area contributed by atoms with Crippen molar-refractivity contribution in [1.29, 1.82) is 0 Å². The van der Waals surface area contributed by atoms with Gasteiger partial charge in [-0.1, -0.05) is 44.9 Å². The predicted molar refractivity (Wildman–Crippen MR) is 99.7 cm³/mol. The van der Waals surface area contributed by atoms with Gasteiger partial charge in [0.2, 0.25) is 5.91 Å². The highest BCUT2D eigenvalue weighted by molar-refractivity contribution is 7.80. The molecule has 3 atom stereocenters. The lowest BCUT2D eigenvalue weighted by atomic mass is 9.78. The molecular weight excluding hydrogens is 322 g/mol. The van der Waals surface area contributed by atoms with Gasteiger partial charge in [-0.25, -0.2) is 0 Å². The first kappa shape index (κ1) is 18.5. The number of benzene rings is 1. The van der Waals surface area contributed by atoms with E-state index in [1.165, 1.54) is 12.8 Å². The van der Waals surface area contributed by atoms with E-state index in [9.17, 15) is 4.79 Å². The molecule has 0 heterocycles. The van der Waals surface area contributed by atoms with Gasteiger partial charge in [-0.15, -0.1) is 0 Å². The lowest BCUT2D eigenvalue weighted by Crippen LogP contribution is -2.52. The van der Waals surface area contributed by atoms with Gasteiger partial charge < -0.3 is 10.1 Å². The van der Waals surface area contributed by atoms with Crippen molar-refractivity contribution in [2.24, 2.45) is 11.8 Å². The van der Waals surface area contributed by atoms with Crippen LogP contribution in [0, 0.1) is 11.8 Å². The predicted octanol–water partition coefficient (Wildman–Crippen LogP) is 2.56. The van der Waals surface area contributed by atoms with Crippen molar-refractivity contribution in [3.8, 4) is 5.75 Å². The monoisotopic (exact) mass is 349 g/mol. The van der Waals surface area contributed by atoms with E-state index < -0.39 is 0 Å². The highest BCUT2D eigenvalue weighted by Crippen LogP contribution is 2.29. The Morgan fingerprint density at radius 3 is 2.75 bits per heavy atom. The molecule has 0 aromatic heterocycles. The molecule has 0 saturated heterocycles. The Hall–Kier alpha value is -1.82. The van der Waals surface area contributed by atoms with E-state index in [1.807, 2.05) is 24.3 Å². The van der Waals surface area contributed by atoms with Crippen molar-refractivity contribution >= 4 is 23.2 Å². The van der Waals surface area contributed by atoms with Crippen molar-refractivity contribution in [2.45, 2.75) is 45.6 Å². The number of ether oxygens (including phenoxy) is 1. The Morgan fingerprint density at radius 2 is 2.00 bits per heavy atom. The summed E-state index contributed by atoms with van der Waals surface area (Å²) in [6.07, 6.45) is 3.83. The van der Waals surface area contributed by atoms with Crippen LogP contribution < -0.4 is 20.9 Å². The van der Waals surface area contributed by atoms with Crippen molar-refractivity contribution in [1.82, 2.24) is 16.2 Å². The molecule has 6 heteroatoms. The van der Waals surface area contributed by atoms with Gasteiger partial charge in [0.05, 0.1) is 13.5 Å². The Morgan fingerprint density at radius 1 is 1.25 bits per heavy atom. The van der Waals surface area contributed by atoms with Crippen molar-refractivity contribution < 1.29 is 9.53 Å². The molecule has 0 spiro atoms. The molecule has 24 heavy (non-hydrogen) atoms. The maximum absolute atomic E-state index is 12.1. The van der Waals surface area contributed by atoms with Crippen molar-refractivity contribution in [3.05, 3.63) is 29.8 Å². The quantitative estimate of drug-likeness (QED) is 0.576. The summed E-state index contributed by atoms with van der Waals surface area (Å²) >= 11 is 5.30. The van der Waals surface area contributed by atoms with Crippen LogP contribution in [-0.4, -0.2) is 24.2 Å². The minimum atomic E-state index is -0.159. The highest BCUT2D eigenvalue weighted by atomic mass is 32.1. The van der Waals surface area contributed by atoms with Crippen LogP contribution in [0.3, 0.4) is 0 Å². The Bertz CT molecular complexity index is 579. The van der Waals surface area contributed by atoms with Gasteiger partial charge in [0.15, 0.2) is 5.11 Å². The molecule has 1 aromatic carbocycles. The van der Waals surface area contributed by atoms with Crippen LogP contribution >= 0.6 is 12.2 Å². The number of nitrogens with one attached hydrogen (secondary N) is 3. The van der Waals surface area contributed by atoms with E-state index in [0.29, 0.717) is 28.7 Å². The molecule has 1 amide bonds. The minimum absolute atomic E-state index is 0.159. The number of carbonyl (C=O) groups is 1. The highest BCUT2D eigenvalue weighted by Gasteiger charge is 2.27. The number of methoxy groups -OCH3 is 1. The summed E-state index contributed by atoms with van der Waals surface area (Å²) in [4.78, 5) is 12.1. The Balaban J connectivity index is 1.78. The van der Waals surface area contributed by atoms with Crippen LogP contribution in [0.1, 0.15) is 38.7 Å². The molecule has 1 fully saturated rings. The van der Waals surface area contributed by atoms with Gasteiger partial charge in [-0.05, 0) is 36.5 Å². The Labute approximate surface area is 149 Å². The third kappa shape index (κ3) is 5.09. The van der Waals surface area contributed by atoms with Crippen LogP contribution in [0.4, 0.5) is 0 Å². The number of rotatable bonds is 4. The number of hydrazine groups is 1. The molecule has 1 aliphatic rings. The van der Waals surface area contributed by atoms with Crippen LogP contribution in [-0.2, 0) is 11.2 Å². The molecule has 0 radical (unpaired) electrons. The molecule has 0 bridgehead atoms. The normalized spacial score (nSPS) is 23.2. The number of amides is 1. The van der Waals surface area contributed by atoms with Gasteiger partial charge in [-0.3, -0.25) is 15.6 Å². The average Bonchev–Trinajstić information content (AvgIpc) is 2.58. The lowest BCUT2D eigenvalue weighted by Gasteiger charge is -2.35. The summed E-state index contributed by atoms with van der Waals surface area (Å²) in [5, 5.41) is 3.79. The second kappa shape index (κ2) is 8.87. The second-order valence-electron chi connectivity index (χ2n) is 6.51.